The summed E-state index contributed by atoms with van der Waals surface area (Å²) in [6, 6.07) is 9.29. The molecule has 3 unspecified atom stereocenters. The van der Waals surface area contributed by atoms with Crippen LogP contribution in [0.4, 0.5) is 0 Å². The highest BCUT2D eigenvalue weighted by molar-refractivity contribution is 6.30. The van der Waals surface area contributed by atoms with E-state index in [0.29, 0.717) is 5.92 Å². The van der Waals surface area contributed by atoms with Crippen LogP contribution in [0.3, 0.4) is 0 Å². The fourth-order valence-electron chi connectivity index (χ4n) is 1.96. The molecule has 1 aromatic rings. The second-order valence-corrected chi connectivity index (χ2v) is 4.48. The quantitative estimate of drug-likeness (QED) is 0.545. The van der Waals surface area contributed by atoms with Crippen molar-refractivity contribution in [1.29, 1.82) is 0 Å². The van der Waals surface area contributed by atoms with Crippen LogP contribution in [-0.2, 0) is 0 Å². The highest BCUT2D eigenvalue weighted by Gasteiger charge is 2.60. The fourth-order valence-corrected chi connectivity index (χ4v) is 2.10. The van der Waals surface area contributed by atoms with Gasteiger partial charge >= 0.3 is 0 Å². The summed E-state index contributed by atoms with van der Waals surface area (Å²) < 4.78 is 0. The van der Waals surface area contributed by atoms with Crippen molar-refractivity contribution in [3.05, 3.63) is 45.5 Å². The van der Waals surface area contributed by atoms with Gasteiger partial charge in [-0.25, -0.2) is 0 Å². The number of nitro groups is 1. The lowest BCUT2D eigenvalue weighted by Gasteiger charge is -2.14. The highest BCUT2D eigenvalue weighted by atomic mass is 35.5. The van der Waals surface area contributed by atoms with Gasteiger partial charge in [-0.2, -0.15) is 0 Å². The molecule has 0 radical (unpaired) electrons. The SMILES string of the molecule is Clc1ccccc1.O=[N+]([O-])C1CC2CC21. The molecule has 2 aliphatic rings. The van der Waals surface area contributed by atoms with Crippen LogP contribution >= 0.6 is 11.6 Å². The molecule has 2 aliphatic carbocycles. The third kappa shape index (κ3) is 2.48. The molecule has 0 bridgehead atoms. The minimum absolute atomic E-state index is 0.131. The van der Waals surface area contributed by atoms with E-state index in [1.807, 2.05) is 30.3 Å². The van der Waals surface area contributed by atoms with Gasteiger partial charge in [0, 0.05) is 22.3 Å². The number of halogens is 1. The van der Waals surface area contributed by atoms with Crippen LogP contribution in [0.2, 0.25) is 5.02 Å². The summed E-state index contributed by atoms with van der Waals surface area (Å²) in [5, 5.41) is 10.8. The first kappa shape index (κ1) is 10.4. The molecule has 0 spiro atoms. The van der Waals surface area contributed by atoms with Crippen molar-refractivity contribution >= 4 is 11.6 Å². The second kappa shape index (κ2) is 4.19. The molecule has 3 atom stereocenters. The zero-order valence-corrected chi connectivity index (χ0v) is 8.93. The van der Waals surface area contributed by atoms with Crippen molar-refractivity contribution < 1.29 is 4.92 Å². The van der Waals surface area contributed by atoms with Crippen molar-refractivity contribution in [1.82, 2.24) is 0 Å². The highest BCUT2D eigenvalue weighted by Crippen LogP contribution is 2.56. The summed E-state index contributed by atoms with van der Waals surface area (Å²) in [5.41, 5.74) is 0. The Morgan fingerprint density at radius 1 is 1.27 bits per heavy atom. The largest absolute Gasteiger partial charge is 0.264 e. The van der Waals surface area contributed by atoms with Crippen molar-refractivity contribution in [2.24, 2.45) is 11.8 Å². The van der Waals surface area contributed by atoms with Gasteiger partial charge in [-0.05, 0) is 24.5 Å². The minimum atomic E-state index is -0.153. The maximum Gasteiger partial charge on any atom is 0.216 e. The van der Waals surface area contributed by atoms with E-state index in [2.05, 4.69) is 0 Å². The molecule has 0 heterocycles. The summed E-state index contributed by atoms with van der Waals surface area (Å²) in [6.07, 6.45) is 1.99. The summed E-state index contributed by atoms with van der Waals surface area (Å²) in [6.45, 7) is 0. The van der Waals surface area contributed by atoms with E-state index in [1.54, 1.807) is 0 Å². The molecule has 2 fully saturated rings. The van der Waals surface area contributed by atoms with Gasteiger partial charge in [-0.3, -0.25) is 10.1 Å². The molecule has 15 heavy (non-hydrogen) atoms. The van der Waals surface area contributed by atoms with Crippen LogP contribution < -0.4 is 0 Å². The average molecular weight is 226 g/mol. The number of fused-ring (bicyclic) bond motifs is 1. The van der Waals surface area contributed by atoms with Crippen molar-refractivity contribution in [2.75, 3.05) is 0 Å². The van der Waals surface area contributed by atoms with Crippen LogP contribution in [0, 0.1) is 22.0 Å². The number of hydrogen-bond acceptors (Lipinski definition) is 2. The summed E-state index contributed by atoms with van der Waals surface area (Å²) >= 11 is 5.54. The van der Waals surface area contributed by atoms with Gasteiger partial charge in [0.15, 0.2) is 0 Å². The molecule has 2 saturated carbocycles. The first-order chi connectivity index (χ1) is 7.18. The van der Waals surface area contributed by atoms with E-state index in [-0.39, 0.29) is 11.0 Å². The molecule has 0 aromatic heterocycles. The van der Waals surface area contributed by atoms with Gasteiger partial charge in [0.25, 0.3) is 0 Å². The van der Waals surface area contributed by atoms with Crippen molar-refractivity contribution in [2.45, 2.75) is 18.9 Å². The second-order valence-electron chi connectivity index (χ2n) is 4.04. The van der Waals surface area contributed by atoms with Gasteiger partial charge < -0.3 is 0 Å². The Morgan fingerprint density at radius 3 is 2.13 bits per heavy atom. The monoisotopic (exact) mass is 225 g/mol. The summed E-state index contributed by atoms with van der Waals surface area (Å²) in [7, 11) is 0. The van der Waals surface area contributed by atoms with Crippen LogP contribution in [0.15, 0.2) is 30.3 Å². The molecular formula is C11H12ClNO2. The van der Waals surface area contributed by atoms with Crippen LogP contribution in [0.1, 0.15) is 12.8 Å². The number of benzene rings is 1. The predicted octanol–water partition coefficient (Wildman–Crippen LogP) is 3.01. The zero-order chi connectivity index (χ0) is 10.8. The minimum Gasteiger partial charge on any atom is -0.264 e. The maximum absolute atomic E-state index is 10.0. The molecule has 0 aliphatic heterocycles. The van der Waals surface area contributed by atoms with Crippen LogP contribution in [-0.4, -0.2) is 11.0 Å². The number of rotatable bonds is 1. The van der Waals surface area contributed by atoms with E-state index in [0.717, 1.165) is 23.8 Å². The fraction of sp³-hybridized carbons (Fsp3) is 0.455. The Bertz CT molecular complexity index is 355. The molecule has 3 nitrogen and oxygen atoms in total. The first-order valence-electron chi connectivity index (χ1n) is 5.02. The number of nitrogens with zero attached hydrogens (tertiary/aromatic N) is 1. The Kier molecular flexibility index (Phi) is 2.91. The Labute approximate surface area is 93.2 Å². The molecule has 0 N–H and O–H groups in total. The molecule has 4 heteroatoms. The lowest BCUT2D eigenvalue weighted by Crippen LogP contribution is -2.30. The average Bonchev–Trinajstić information content (AvgIpc) is 2.77. The van der Waals surface area contributed by atoms with Gasteiger partial charge in [-0.1, -0.05) is 29.8 Å². The molecule has 1 aromatic carbocycles. The smallest absolute Gasteiger partial charge is 0.216 e. The Hall–Kier alpha value is -1.09. The van der Waals surface area contributed by atoms with Gasteiger partial charge in [0.2, 0.25) is 6.04 Å². The third-order valence-corrected chi connectivity index (χ3v) is 3.27. The van der Waals surface area contributed by atoms with E-state index >= 15 is 0 Å². The van der Waals surface area contributed by atoms with Crippen molar-refractivity contribution in [3.63, 3.8) is 0 Å². The predicted molar refractivity (Wildman–Crippen MR) is 58.4 cm³/mol. The van der Waals surface area contributed by atoms with E-state index in [1.165, 1.54) is 0 Å². The van der Waals surface area contributed by atoms with E-state index in [9.17, 15) is 10.1 Å². The summed E-state index contributed by atoms with van der Waals surface area (Å²) in [4.78, 5) is 9.89. The molecule has 3 rings (SSSR count). The third-order valence-electron chi connectivity index (χ3n) is 3.02. The lowest BCUT2D eigenvalue weighted by molar-refractivity contribution is -0.539. The first-order valence-corrected chi connectivity index (χ1v) is 5.40. The topological polar surface area (TPSA) is 43.1 Å². The maximum atomic E-state index is 10.0. The van der Waals surface area contributed by atoms with Crippen LogP contribution in [0.5, 0.6) is 0 Å². The van der Waals surface area contributed by atoms with E-state index < -0.39 is 0 Å². The zero-order valence-electron chi connectivity index (χ0n) is 8.17. The van der Waals surface area contributed by atoms with Gasteiger partial charge in [0.05, 0.1) is 0 Å². The Balaban J connectivity index is 0.000000115. The normalized spacial score (nSPS) is 30.3. The van der Waals surface area contributed by atoms with Crippen LogP contribution in [0.25, 0.3) is 0 Å². The molecule has 0 amide bonds. The van der Waals surface area contributed by atoms with E-state index in [4.69, 9.17) is 11.6 Å². The lowest BCUT2D eigenvalue weighted by atomic mass is 9.94. The Morgan fingerprint density at radius 2 is 1.93 bits per heavy atom. The molecular weight excluding hydrogens is 214 g/mol. The van der Waals surface area contributed by atoms with Gasteiger partial charge in [-0.15, -0.1) is 0 Å². The molecule has 0 saturated heterocycles. The van der Waals surface area contributed by atoms with Crippen molar-refractivity contribution in [3.8, 4) is 0 Å². The number of hydrogen-bond donors (Lipinski definition) is 0. The summed E-state index contributed by atoms with van der Waals surface area (Å²) in [5.74, 6) is 1.25. The molecule has 80 valence electrons. The van der Waals surface area contributed by atoms with Gasteiger partial charge in [0.1, 0.15) is 0 Å². The standard InChI is InChI=1S/C6H5Cl.C5H7NO2/c7-6-4-2-1-3-5-6;7-6(8)5-2-3-1-4(3)5/h1-5H;3-5H,1-2H2.